The lowest BCUT2D eigenvalue weighted by Gasteiger charge is -2.32. The molecule has 7 heteroatoms. The van der Waals surface area contributed by atoms with Gasteiger partial charge in [0.2, 0.25) is 0 Å². The molecule has 2 atom stereocenters. The van der Waals surface area contributed by atoms with Gasteiger partial charge in [0.25, 0.3) is 5.91 Å². The Morgan fingerprint density at radius 2 is 1.85 bits per heavy atom. The van der Waals surface area contributed by atoms with Gasteiger partial charge in [-0.25, -0.2) is 0 Å². The highest BCUT2D eigenvalue weighted by Gasteiger charge is 2.35. The van der Waals surface area contributed by atoms with E-state index < -0.39 is 22.7 Å². The van der Waals surface area contributed by atoms with Crippen molar-refractivity contribution in [2.24, 2.45) is 0 Å². The van der Waals surface area contributed by atoms with Gasteiger partial charge in [0.15, 0.2) is 0 Å². The van der Waals surface area contributed by atoms with Crippen LogP contribution in [0.5, 0.6) is 0 Å². The van der Waals surface area contributed by atoms with Crippen LogP contribution in [0.4, 0.5) is 13.2 Å². The molecule has 2 aromatic carbocycles. The summed E-state index contributed by atoms with van der Waals surface area (Å²) in [7, 11) is 0. The molecule has 0 spiro atoms. The zero-order chi connectivity index (χ0) is 19.4. The minimum Gasteiger partial charge on any atom is -0.344 e. The normalized spacial score (nSPS) is 18.7. The maximum atomic E-state index is 13.1. The van der Waals surface area contributed by atoms with Crippen LogP contribution in [0.25, 0.3) is 0 Å². The highest BCUT2D eigenvalue weighted by Crippen LogP contribution is 2.36. The SMILES string of the molecule is O=C(N[C@@H](c1ccccc1)C1CCCCN1)c1cccc(C(F)(F)F)c1Cl. The summed E-state index contributed by atoms with van der Waals surface area (Å²) >= 11 is 5.91. The number of nitrogens with one attached hydrogen (secondary N) is 2. The number of piperidine rings is 1. The van der Waals surface area contributed by atoms with Crippen molar-refractivity contribution in [2.75, 3.05) is 6.54 Å². The Morgan fingerprint density at radius 3 is 2.48 bits per heavy atom. The van der Waals surface area contributed by atoms with E-state index in [1.54, 1.807) is 0 Å². The van der Waals surface area contributed by atoms with E-state index >= 15 is 0 Å². The van der Waals surface area contributed by atoms with Crippen molar-refractivity contribution in [3.63, 3.8) is 0 Å². The Kier molecular flexibility index (Phi) is 6.07. The molecule has 0 aromatic heterocycles. The Bertz CT molecular complexity index is 790. The first-order valence-electron chi connectivity index (χ1n) is 8.83. The van der Waals surface area contributed by atoms with Gasteiger partial charge in [-0.3, -0.25) is 4.79 Å². The topological polar surface area (TPSA) is 41.1 Å². The lowest BCUT2D eigenvalue weighted by atomic mass is 9.92. The van der Waals surface area contributed by atoms with Crippen LogP contribution in [-0.2, 0) is 6.18 Å². The molecule has 1 heterocycles. The number of carbonyl (C=O) groups is 1. The van der Waals surface area contributed by atoms with Gasteiger partial charge in [0, 0.05) is 6.04 Å². The van der Waals surface area contributed by atoms with Crippen molar-refractivity contribution in [1.29, 1.82) is 0 Å². The Labute approximate surface area is 160 Å². The van der Waals surface area contributed by atoms with Gasteiger partial charge < -0.3 is 10.6 Å². The van der Waals surface area contributed by atoms with Gasteiger partial charge in [0.05, 0.1) is 22.2 Å². The maximum Gasteiger partial charge on any atom is 0.417 e. The smallest absolute Gasteiger partial charge is 0.344 e. The first kappa shape index (κ1) is 19.7. The van der Waals surface area contributed by atoms with E-state index in [0.717, 1.165) is 37.4 Å². The van der Waals surface area contributed by atoms with Crippen molar-refractivity contribution in [2.45, 2.75) is 37.5 Å². The molecule has 27 heavy (non-hydrogen) atoms. The summed E-state index contributed by atoms with van der Waals surface area (Å²) in [5, 5.41) is 5.70. The third-order valence-corrected chi connectivity index (χ3v) is 5.15. The number of benzene rings is 2. The van der Waals surface area contributed by atoms with E-state index in [9.17, 15) is 18.0 Å². The Morgan fingerprint density at radius 1 is 1.11 bits per heavy atom. The van der Waals surface area contributed by atoms with Crippen LogP contribution in [0, 0.1) is 0 Å². The molecule has 3 rings (SSSR count). The molecule has 2 N–H and O–H groups in total. The zero-order valence-corrected chi connectivity index (χ0v) is 15.3. The number of carbonyl (C=O) groups excluding carboxylic acids is 1. The van der Waals surface area contributed by atoms with Crippen molar-refractivity contribution >= 4 is 17.5 Å². The lowest BCUT2D eigenvalue weighted by Crippen LogP contribution is -2.46. The van der Waals surface area contributed by atoms with Crippen LogP contribution in [0.1, 0.15) is 46.8 Å². The number of alkyl halides is 3. The fraction of sp³-hybridized carbons (Fsp3) is 0.350. The molecule has 1 aliphatic heterocycles. The maximum absolute atomic E-state index is 13.1. The van der Waals surface area contributed by atoms with Crippen LogP contribution in [0.15, 0.2) is 48.5 Å². The average Bonchev–Trinajstić information content (AvgIpc) is 2.66. The van der Waals surface area contributed by atoms with E-state index in [4.69, 9.17) is 11.6 Å². The van der Waals surface area contributed by atoms with Crippen molar-refractivity contribution in [3.8, 4) is 0 Å². The highest BCUT2D eigenvalue weighted by molar-refractivity contribution is 6.34. The molecule has 0 bridgehead atoms. The standard InChI is InChI=1S/C20H20ClF3N2O/c21-17-14(9-6-10-15(17)20(22,23)24)19(27)26-18(13-7-2-1-3-8-13)16-11-4-5-12-25-16/h1-3,6-10,16,18,25H,4-5,11-12H2,(H,26,27)/t16?,18-/m0/s1. The molecule has 2 aromatic rings. The molecule has 3 nitrogen and oxygen atoms in total. The monoisotopic (exact) mass is 396 g/mol. The van der Waals surface area contributed by atoms with Crippen LogP contribution in [-0.4, -0.2) is 18.5 Å². The van der Waals surface area contributed by atoms with Gasteiger partial charge >= 0.3 is 6.18 Å². The van der Waals surface area contributed by atoms with Crippen LogP contribution < -0.4 is 10.6 Å². The molecular formula is C20H20ClF3N2O. The fourth-order valence-corrected chi connectivity index (χ4v) is 3.70. The molecule has 0 aliphatic carbocycles. The van der Waals surface area contributed by atoms with E-state index in [0.29, 0.717) is 0 Å². The molecule has 1 saturated heterocycles. The Balaban J connectivity index is 1.89. The van der Waals surface area contributed by atoms with E-state index in [2.05, 4.69) is 10.6 Å². The van der Waals surface area contributed by atoms with Gasteiger partial charge in [-0.05, 0) is 37.1 Å². The largest absolute Gasteiger partial charge is 0.417 e. The van der Waals surface area contributed by atoms with Crippen LogP contribution in [0.3, 0.4) is 0 Å². The predicted octanol–water partition coefficient (Wildman–Crippen LogP) is 4.97. The molecule has 1 amide bonds. The summed E-state index contributed by atoms with van der Waals surface area (Å²) in [5.41, 5.74) is -0.291. The zero-order valence-electron chi connectivity index (χ0n) is 14.5. The number of rotatable bonds is 4. The molecule has 0 radical (unpaired) electrons. The molecular weight excluding hydrogens is 377 g/mol. The Hall–Kier alpha value is -2.05. The lowest BCUT2D eigenvalue weighted by molar-refractivity contribution is -0.137. The van der Waals surface area contributed by atoms with E-state index in [1.807, 2.05) is 30.3 Å². The van der Waals surface area contributed by atoms with Crippen molar-refractivity contribution < 1.29 is 18.0 Å². The number of hydrogen-bond acceptors (Lipinski definition) is 2. The molecule has 1 unspecified atom stereocenters. The quantitative estimate of drug-likeness (QED) is 0.765. The molecule has 1 fully saturated rings. The second-order valence-corrected chi connectivity index (χ2v) is 6.96. The number of halogens is 4. The van der Waals surface area contributed by atoms with Crippen LogP contribution in [0.2, 0.25) is 5.02 Å². The first-order chi connectivity index (χ1) is 12.9. The van der Waals surface area contributed by atoms with Crippen molar-refractivity contribution in [3.05, 3.63) is 70.2 Å². The highest BCUT2D eigenvalue weighted by atomic mass is 35.5. The summed E-state index contributed by atoms with van der Waals surface area (Å²) < 4.78 is 39.3. The third kappa shape index (κ3) is 4.62. The first-order valence-corrected chi connectivity index (χ1v) is 9.20. The summed E-state index contributed by atoms with van der Waals surface area (Å²) in [5.74, 6) is -0.618. The second-order valence-electron chi connectivity index (χ2n) is 6.58. The van der Waals surface area contributed by atoms with E-state index in [-0.39, 0.29) is 17.6 Å². The van der Waals surface area contributed by atoms with Crippen molar-refractivity contribution in [1.82, 2.24) is 10.6 Å². The number of hydrogen-bond donors (Lipinski definition) is 2. The molecule has 144 valence electrons. The fourth-order valence-electron chi connectivity index (χ4n) is 3.39. The minimum absolute atomic E-state index is 0.00896. The van der Waals surface area contributed by atoms with Gasteiger partial charge in [0.1, 0.15) is 0 Å². The van der Waals surface area contributed by atoms with E-state index in [1.165, 1.54) is 12.1 Å². The van der Waals surface area contributed by atoms with Gasteiger partial charge in [-0.2, -0.15) is 13.2 Å². The third-order valence-electron chi connectivity index (χ3n) is 4.74. The van der Waals surface area contributed by atoms with Crippen LogP contribution >= 0.6 is 11.6 Å². The average molecular weight is 397 g/mol. The summed E-state index contributed by atoms with van der Waals surface area (Å²) in [6.45, 7) is 0.841. The minimum atomic E-state index is -4.61. The van der Waals surface area contributed by atoms with Gasteiger partial charge in [-0.15, -0.1) is 0 Å². The van der Waals surface area contributed by atoms with Gasteiger partial charge in [-0.1, -0.05) is 54.4 Å². The summed E-state index contributed by atoms with van der Waals surface area (Å²) in [6, 6.07) is 12.4. The summed E-state index contributed by atoms with van der Waals surface area (Å²) in [4.78, 5) is 12.8. The number of amides is 1. The molecule has 0 saturated carbocycles. The predicted molar refractivity (Wildman–Crippen MR) is 98.7 cm³/mol. The summed E-state index contributed by atoms with van der Waals surface area (Å²) in [6.07, 6.45) is -1.65. The second kappa shape index (κ2) is 8.31. The molecule has 1 aliphatic rings.